The number of halogens is 2. The number of hydrogen-bond acceptors (Lipinski definition) is 8. The van der Waals surface area contributed by atoms with Crippen molar-refractivity contribution in [3.05, 3.63) is 42.5 Å². The summed E-state index contributed by atoms with van der Waals surface area (Å²) in [6, 6.07) is 7.47. The van der Waals surface area contributed by atoms with Gasteiger partial charge in [-0.15, -0.1) is 22.0 Å². The van der Waals surface area contributed by atoms with E-state index in [9.17, 15) is 9.50 Å². The predicted octanol–water partition coefficient (Wildman–Crippen LogP) is 4.76. The van der Waals surface area contributed by atoms with Crippen LogP contribution in [-0.4, -0.2) is 61.8 Å². The van der Waals surface area contributed by atoms with Crippen LogP contribution in [0.5, 0.6) is 5.75 Å². The number of pyridine rings is 1. The molecule has 1 aromatic carbocycles. The second-order valence-corrected chi connectivity index (χ2v) is 10.4. The third-order valence-corrected chi connectivity index (χ3v) is 7.77. The molecule has 1 aliphatic carbocycles. The van der Waals surface area contributed by atoms with E-state index < -0.39 is 18.3 Å². The average molecular weight is 514 g/mol. The molecule has 2 aliphatic heterocycles. The molecule has 7 nitrogen and oxygen atoms in total. The van der Waals surface area contributed by atoms with E-state index in [1.807, 2.05) is 0 Å². The third kappa shape index (κ3) is 4.52. The molecular formula is C26H28F2N6OS. The molecule has 2 bridgehead atoms. The number of nitrogens with one attached hydrogen (secondary N) is 1. The van der Waals surface area contributed by atoms with Crippen LogP contribution >= 0.6 is 11.8 Å². The van der Waals surface area contributed by atoms with Crippen molar-refractivity contribution in [2.75, 3.05) is 11.1 Å². The molecule has 0 unspecified atom stereocenters. The zero-order valence-electron chi connectivity index (χ0n) is 22.4. The number of phenols is 1. The lowest BCUT2D eigenvalue weighted by molar-refractivity contribution is 0.104. The maximum absolute atomic E-state index is 15.5. The van der Waals surface area contributed by atoms with Crippen molar-refractivity contribution < 1.29 is 18.0 Å². The highest BCUT2D eigenvalue weighted by Gasteiger charge is 2.46. The lowest BCUT2D eigenvalue weighted by atomic mass is 9.82. The minimum atomic E-state index is -2.37. The monoisotopic (exact) mass is 513 g/mol. The number of anilines is 1. The van der Waals surface area contributed by atoms with E-state index in [1.165, 1.54) is 18.2 Å². The molecule has 2 saturated heterocycles. The van der Waals surface area contributed by atoms with Crippen LogP contribution in [0.1, 0.15) is 42.6 Å². The quantitative estimate of drug-likeness (QED) is 0.361. The number of hydrogen-bond donors (Lipinski definition) is 2. The van der Waals surface area contributed by atoms with Gasteiger partial charge in [-0.25, -0.2) is 14.4 Å². The van der Waals surface area contributed by atoms with Crippen LogP contribution in [0.25, 0.3) is 22.5 Å². The minimum Gasteiger partial charge on any atom is -0.507 e. The van der Waals surface area contributed by atoms with Crippen molar-refractivity contribution in [3.63, 3.8) is 0 Å². The molecule has 10 heteroatoms. The summed E-state index contributed by atoms with van der Waals surface area (Å²) in [5, 5.41) is 22.9. The lowest BCUT2D eigenvalue weighted by Gasteiger charge is -2.47. The van der Waals surface area contributed by atoms with E-state index in [4.69, 9.17) is 4.11 Å². The van der Waals surface area contributed by atoms with Gasteiger partial charge >= 0.3 is 0 Å². The normalized spacial score (nSPS) is 27.1. The second-order valence-electron chi connectivity index (χ2n) is 9.78. The van der Waals surface area contributed by atoms with Gasteiger partial charge in [-0.3, -0.25) is 0 Å². The molecular weight excluding hydrogens is 482 g/mol. The first-order chi connectivity index (χ1) is 18.6. The molecule has 3 aliphatic rings. The first-order valence-corrected chi connectivity index (χ1v) is 13.0. The summed E-state index contributed by atoms with van der Waals surface area (Å²) in [6.45, 7) is 0. The van der Waals surface area contributed by atoms with Crippen LogP contribution in [-0.2, 0) is 0 Å². The number of fused-ring (bicyclic) bond motifs is 2. The fourth-order valence-corrected chi connectivity index (χ4v) is 5.85. The zero-order valence-corrected chi connectivity index (χ0v) is 20.3. The zero-order chi connectivity index (χ0) is 27.3. The van der Waals surface area contributed by atoms with Crippen LogP contribution in [0.2, 0.25) is 0 Å². The van der Waals surface area contributed by atoms with Crippen molar-refractivity contribution in [3.8, 4) is 28.3 Å². The smallest absolute Gasteiger partial charge is 0.214 e. The molecule has 36 heavy (non-hydrogen) atoms. The Morgan fingerprint density at radius 1 is 1.14 bits per heavy atom. The topological polar surface area (TPSA) is 87.1 Å². The van der Waals surface area contributed by atoms with Gasteiger partial charge < -0.3 is 15.3 Å². The van der Waals surface area contributed by atoms with Gasteiger partial charge in [-0.2, -0.15) is 4.39 Å². The Morgan fingerprint density at radius 3 is 2.78 bits per heavy atom. The Balaban J connectivity index is 1.24. The van der Waals surface area contributed by atoms with Gasteiger partial charge in [0.15, 0.2) is 11.6 Å². The summed E-state index contributed by atoms with van der Waals surface area (Å²) in [6.07, 6.45) is 3.88. The van der Waals surface area contributed by atoms with Crippen molar-refractivity contribution in [2.45, 2.75) is 73.9 Å². The number of aromatic nitrogens is 4. The molecule has 2 N–H and O–H groups in total. The van der Waals surface area contributed by atoms with E-state index >= 15 is 4.39 Å². The summed E-state index contributed by atoms with van der Waals surface area (Å²) in [4.78, 5) is 10.2. The van der Waals surface area contributed by atoms with E-state index in [1.54, 1.807) is 18.3 Å². The highest BCUT2D eigenvalue weighted by atomic mass is 32.2. The molecule has 2 aromatic heterocycles. The van der Waals surface area contributed by atoms with Crippen LogP contribution in [0.3, 0.4) is 0 Å². The van der Waals surface area contributed by atoms with Crippen molar-refractivity contribution in [1.29, 1.82) is 0 Å². The Kier molecular flexibility index (Phi) is 5.37. The van der Waals surface area contributed by atoms with Crippen molar-refractivity contribution in [2.24, 2.45) is 0 Å². The maximum Gasteiger partial charge on any atom is 0.214 e. The number of nitrogens with zero attached hydrogens (tertiary/aromatic N) is 5. The lowest BCUT2D eigenvalue weighted by Crippen LogP contribution is -2.62. The first-order valence-electron chi connectivity index (χ1n) is 13.7. The number of thioether (sulfide) groups is 1. The number of rotatable bonds is 6. The Labute approximate surface area is 217 Å². The number of benzene rings is 1. The summed E-state index contributed by atoms with van der Waals surface area (Å²) in [5.41, 5.74) is 1.18. The number of phenolic OH excluding ortho intramolecular Hbond substituents is 1. The molecule has 1 saturated carbocycles. The summed E-state index contributed by atoms with van der Waals surface area (Å²) < 4.78 is 51.7. The fraction of sp³-hybridized carbons (Fsp3) is 0.462. The van der Waals surface area contributed by atoms with E-state index in [0.29, 0.717) is 40.3 Å². The van der Waals surface area contributed by atoms with Crippen LogP contribution < -0.4 is 10.2 Å². The molecule has 0 amide bonds. The fourth-order valence-electron chi connectivity index (χ4n) is 5.53. The predicted molar refractivity (Wildman–Crippen MR) is 135 cm³/mol. The Morgan fingerprint density at radius 2 is 2.03 bits per heavy atom. The average Bonchev–Trinajstić information content (AvgIpc) is 3.72. The standard InChI is InChI=1S/C26H28F2N6OS/c1-36-24-11-15(10-22(27)31-24)14-5-8-18(21(35)9-14)26-29-13-23(32-33-26)34(17-6-7-17)20-12-16-3-2-4-19(30-16)25(20)28/h5,8-11,13,16-17,19-20,25,30,35H,2-4,6-7,12H2,1H3/t16-,19-,20-,25+/m0/s1/i1D3. The van der Waals surface area contributed by atoms with Gasteiger partial charge in [-0.05, 0) is 67.6 Å². The van der Waals surface area contributed by atoms with E-state index in [-0.39, 0.29) is 34.7 Å². The van der Waals surface area contributed by atoms with Crippen LogP contribution in [0.15, 0.2) is 41.6 Å². The summed E-state index contributed by atoms with van der Waals surface area (Å²) in [5.74, 6) is -0.217. The summed E-state index contributed by atoms with van der Waals surface area (Å²) in [7, 11) is 0. The highest BCUT2D eigenvalue weighted by molar-refractivity contribution is 7.98. The number of alkyl halides is 1. The molecule has 4 atom stereocenters. The number of aromatic hydroxyl groups is 1. The molecule has 188 valence electrons. The molecule has 6 rings (SSSR count). The Bertz CT molecular complexity index is 1360. The van der Waals surface area contributed by atoms with Gasteiger partial charge in [0, 0.05) is 28.3 Å². The molecule has 4 heterocycles. The molecule has 0 radical (unpaired) electrons. The van der Waals surface area contributed by atoms with Crippen molar-refractivity contribution in [1.82, 2.24) is 25.5 Å². The van der Waals surface area contributed by atoms with Gasteiger partial charge in [0.1, 0.15) is 11.9 Å². The molecule has 0 spiro atoms. The number of piperidine rings is 2. The third-order valence-electron chi connectivity index (χ3n) is 7.35. The summed E-state index contributed by atoms with van der Waals surface area (Å²) >= 11 is 0.480. The highest BCUT2D eigenvalue weighted by Crippen LogP contribution is 2.39. The second kappa shape index (κ2) is 9.55. The molecule has 3 fully saturated rings. The van der Waals surface area contributed by atoms with Gasteiger partial charge in [0.25, 0.3) is 0 Å². The van der Waals surface area contributed by atoms with E-state index in [2.05, 4.69) is 30.4 Å². The largest absolute Gasteiger partial charge is 0.507 e. The van der Waals surface area contributed by atoms with Gasteiger partial charge in [-0.1, -0.05) is 12.5 Å². The Hall–Kier alpha value is -2.85. The minimum absolute atomic E-state index is 0.0183. The van der Waals surface area contributed by atoms with Crippen molar-refractivity contribution >= 4 is 17.6 Å². The van der Waals surface area contributed by atoms with Gasteiger partial charge in [0.05, 0.1) is 22.8 Å². The van der Waals surface area contributed by atoms with Crippen LogP contribution in [0.4, 0.5) is 14.6 Å². The maximum atomic E-state index is 15.5. The molecule has 3 aromatic rings. The SMILES string of the molecule is [2H]C([2H])([2H])Sc1cc(-c2ccc(-c3ncc(N(C4CC4)[C@H]4C[C@@H]5CCC[C@H](N5)[C@H]4F)nn3)c(O)c2)cc(F)n1. The first kappa shape index (κ1) is 20.2. The van der Waals surface area contributed by atoms with Gasteiger partial charge in [0.2, 0.25) is 5.95 Å². The van der Waals surface area contributed by atoms with E-state index in [0.717, 1.165) is 38.5 Å². The van der Waals surface area contributed by atoms with Crippen LogP contribution in [0, 0.1) is 5.95 Å².